The molecule has 1 aliphatic heterocycles. The van der Waals surface area contributed by atoms with Crippen LogP contribution in [0.2, 0.25) is 0 Å². The summed E-state index contributed by atoms with van der Waals surface area (Å²) in [6, 6.07) is 5.29. The van der Waals surface area contributed by atoms with Gasteiger partial charge in [-0.1, -0.05) is 0 Å². The van der Waals surface area contributed by atoms with E-state index in [0.717, 1.165) is 0 Å². The van der Waals surface area contributed by atoms with Crippen LogP contribution in [0.15, 0.2) is 23.9 Å². The third-order valence-electron chi connectivity index (χ3n) is 5.28. The SMILES string of the molecule is COc1ccc(OC)c(C(CCOC(C)C)=C(F)B2OC(C)(C)C(C)(C)O2)c1. The number of halogens is 1. The molecule has 1 aliphatic rings. The summed E-state index contributed by atoms with van der Waals surface area (Å²) in [5.41, 5.74) is -0.714. The van der Waals surface area contributed by atoms with E-state index < -0.39 is 24.0 Å². The van der Waals surface area contributed by atoms with E-state index in [4.69, 9.17) is 23.5 Å². The third-order valence-corrected chi connectivity index (χ3v) is 5.28. The first kappa shape index (κ1) is 22.7. The van der Waals surface area contributed by atoms with E-state index in [1.165, 1.54) is 0 Å². The minimum atomic E-state index is -1.09. The molecule has 0 aliphatic carbocycles. The average Bonchev–Trinajstić information content (AvgIpc) is 2.85. The summed E-state index contributed by atoms with van der Waals surface area (Å²) >= 11 is 0. The molecule has 156 valence electrons. The highest BCUT2D eigenvalue weighted by Crippen LogP contribution is 2.42. The van der Waals surface area contributed by atoms with E-state index in [1.54, 1.807) is 32.4 Å². The van der Waals surface area contributed by atoms with Gasteiger partial charge in [-0.15, -0.1) is 0 Å². The Bertz CT molecular complexity index is 699. The summed E-state index contributed by atoms with van der Waals surface area (Å²) in [7, 11) is 2.04. The van der Waals surface area contributed by atoms with Gasteiger partial charge in [-0.25, -0.2) is 4.39 Å². The maximum atomic E-state index is 15.7. The van der Waals surface area contributed by atoms with Gasteiger partial charge < -0.3 is 23.5 Å². The molecule has 1 heterocycles. The summed E-state index contributed by atoms with van der Waals surface area (Å²) < 4.78 is 44.0. The van der Waals surface area contributed by atoms with Crippen LogP contribution < -0.4 is 9.47 Å². The van der Waals surface area contributed by atoms with Gasteiger partial charge in [0.25, 0.3) is 0 Å². The largest absolute Gasteiger partial charge is 0.525 e. The molecule has 0 bridgehead atoms. The monoisotopic (exact) mass is 394 g/mol. The molecule has 0 amide bonds. The van der Waals surface area contributed by atoms with Crippen molar-refractivity contribution in [2.75, 3.05) is 20.8 Å². The van der Waals surface area contributed by atoms with Crippen molar-refractivity contribution in [2.24, 2.45) is 0 Å². The fraction of sp³-hybridized carbons (Fsp3) is 0.619. The lowest BCUT2D eigenvalue weighted by Crippen LogP contribution is -2.41. The number of hydrogen-bond donors (Lipinski definition) is 0. The molecule has 2 rings (SSSR count). The first-order chi connectivity index (χ1) is 13.0. The highest BCUT2D eigenvalue weighted by atomic mass is 19.1. The van der Waals surface area contributed by atoms with Crippen molar-refractivity contribution in [3.8, 4) is 11.5 Å². The van der Waals surface area contributed by atoms with Crippen molar-refractivity contribution in [1.82, 2.24) is 0 Å². The molecular weight excluding hydrogens is 362 g/mol. The highest BCUT2D eigenvalue weighted by Gasteiger charge is 2.53. The average molecular weight is 394 g/mol. The number of ether oxygens (including phenoxy) is 3. The Morgan fingerprint density at radius 2 is 1.68 bits per heavy atom. The summed E-state index contributed by atoms with van der Waals surface area (Å²) in [5, 5.41) is 0. The Hall–Kier alpha value is -1.57. The zero-order chi connectivity index (χ0) is 21.1. The van der Waals surface area contributed by atoms with Crippen LogP contribution in [0.1, 0.15) is 53.5 Å². The lowest BCUT2D eigenvalue weighted by Gasteiger charge is -2.32. The van der Waals surface area contributed by atoms with Gasteiger partial charge in [-0.2, -0.15) is 0 Å². The Labute approximate surface area is 168 Å². The van der Waals surface area contributed by atoms with Crippen molar-refractivity contribution in [2.45, 2.75) is 65.3 Å². The van der Waals surface area contributed by atoms with Crippen LogP contribution in [0, 0.1) is 0 Å². The number of benzene rings is 1. The molecule has 1 saturated heterocycles. The Kier molecular flexibility index (Phi) is 7.18. The third kappa shape index (κ3) is 4.88. The molecule has 0 saturated carbocycles. The Balaban J connectivity index is 2.49. The molecule has 0 unspecified atom stereocenters. The van der Waals surface area contributed by atoms with E-state index in [0.29, 0.717) is 35.7 Å². The minimum Gasteiger partial charge on any atom is -0.497 e. The molecule has 28 heavy (non-hydrogen) atoms. The fourth-order valence-corrected chi connectivity index (χ4v) is 2.92. The predicted molar refractivity (Wildman–Crippen MR) is 109 cm³/mol. The molecular formula is C21H32BFO5. The minimum absolute atomic E-state index is 0.0494. The lowest BCUT2D eigenvalue weighted by atomic mass is 9.81. The second kappa shape index (κ2) is 8.85. The van der Waals surface area contributed by atoms with Crippen LogP contribution in [0.25, 0.3) is 5.57 Å². The topological polar surface area (TPSA) is 46.2 Å². The smallest absolute Gasteiger partial charge is 0.497 e. The molecule has 1 aromatic carbocycles. The van der Waals surface area contributed by atoms with Gasteiger partial charge in [0.15, 0.2) is 0 Å². The van der Waals surface area contributed by atoms with Gasteiger partial charge >= 0.3 is 7.12 Å². The van der Waals surface area contributed by atoms with Gasteiger partial charge in [0.2, 0.25) is 0 Å². The molecule has 0 spiro atoms. The molecule has 0 N–H and O–H groups in total. The fourth-order valence-electron chi connectivity index (χ4n) is 2.92. The highest BCUT2D eigenvalue weighted by molar-refractivity contribution is 6.55. The van der Waals surface area contributed by atoms with Crippen LogP contribution >= 0.6 is 0 Å². The predicted octanol–water partition coefficient (Wildman–Crippen LogP) is 4.83. The second-order valence-electron chi connectivity index (χ2n) is 8.15. The first-order valence-electron chi connectivity index (χ1n) is 9.60. The van der Waals surface area contributed by atoms with Crippen molar-refractivity contribution < 1.29 is 27.9 Å². The molecule has 1 aromatic rings. The van der Waals surface area contributed by atoms with E-state index in [9.17, 15) is 0 Å². The normalized spacial score (nSPS) is 19.0. The standard InChI is InChI=1S/C21H32BFO5/c1-14(2)26-12-11-16(17-13-15(24-7)9-10-18(17)25-8)19(23)22-27-20(3,4)21(5,6)28-22/h9-10,13-14H,11-12H2,1-8H3. The van der Waals surface area contributed by atoms with Crippen LogP contribution in [0.3, 0.4) is 0 Å². The van der Waals surface area contributed by atoms with Gasteiger partial charge in [-0.05, 0) is 71.7 Å². The zero-order valence-electron chi connectivity index (χ0n) is 18.2. The van der Waals surface area contributed by atoms with Crippen molar-refractivity contribution in [3.05, 3.63) is 29.5 Å². The van der Waals surface area contributed by atoms with Crippen LogP contribution in [0.5, 0.6) is 11.5 Å². The summed E-state index contributed by atoms with van der Waals surface area (Å²) in [6.45, 7) is 11.8. The Morgan fingerprint density at radius 3 is 2.18 bits per heavy atom. The van der Waals surface area contributed by atoms with E-state index in [-0.39, 0.29) is 6.10 Å². The summed E-state index contributed by atoms with van der Waals surface area (Å²) in [4.78, 5) is 0. The van der Waals surface area contributed by atoms with E-state index in [1.807, 2.05) is 41.5 Å². The maximum absolute atomic E-state index is 15.7. The number of methoxy groups -OCH3 is 2. The van der Waals surface area contributed by atoms with Crippen LogP contribution in [-0.2, 0) is 14.0 Å². The zero-order valence-corrected chi connectivity index (χ0v) is 18.2. The summed E-state index contributed by atoms with van der Waals surface area (Å²) in [6.07, 6.45) is 0.394. The molecule has 0 radical (unpaired) electrons. The maximum Gasteiger partial charge on any atom is 0.525 e. The van der Waals surface area contributed by atoms with Gasteiger partial charge in [-0.3, -0.25) is 0 Å². The quantitative estimate of drug-likeness (QED) is 0.591. The van der Waals surface area contributed by atoms with E-state index in [2.05, 4.69) is 0 Å². The Morgan fingerprint density at radius 1 is 1.07 bits per heavy atom. The lowest BCUT2D eigenvalue weighted by molar-refractivity contribution is 0.00578. The van der Waals surface area contributed by atoms with Crippen molar-refractivity contribution >= 4 is 12.7 Å². The summed E-state index contributed by atoms with van der Waals surface area (Å²) in [5.74, 6) is 1.16. The van der Waals surface area contributed by atoms with Gasteiger partial charge in [0.05, 0.1) is 38.1 Å². The molecule has 1 fully saturated rings. The van der Waals surface area contributed by atoms with Crippen LogP contribution in [-0.4, -0.2) is 45.3 Å². The number of rotatable bonds is 8. The van der Waals surface area contributed by atoms with Crippen molar-refractivity contribution in [1.29, 1.82) is 0 Å². The number of hydrogen-bond acceptors (Lipinski definition) is 5. The molecule has 0 aromatic heterocycles. The van der Waals surface area contributed by atoms with Gasteiger partial charge in [0.1, 0.15) is 17.2 Å². The first-order valence-corrected chi connectivity index (χ1v) is 9.60. The molecule has 7 heteroatoms. The van der Waals surface area contributed by atoms with Crippen LogP contribution in [0.4, 0.5) is 4.39 Å². The molecule has 5 nitrogen and oxygen atoms in total. The van der Waals surface area contributed by atoms with Gasteiger partial charge in [0, 0.05) is 5.56 Å². The molecule has 0 atom stereocenters. The van der Waals surface area contributed by atoms with Crippen molar-refractivity contribution in [3.63, 3.8) is 0 Å². The second-order valence-corrected chi connectivity index (χ2v) is 8.15. The van der Waals surface area contributed by atoms with E-state index >= 15 is 4.39 Å².